The lowest BCUT2D eigenvalue weighted by molar-refractivity contribution is 0.0390. The van der Waals surface area contributed by atoms with Crippen LogP contribution in [0.3, 0.4) is 0 Å². The van der Waals surface area contributed by atoms with Crippen LogP contribution in [0.1, 0.15) is 32.6 Å². The van der Waals surface area contributed by atoms with Crippen LogP contribution in [0.5, 0.6) is 0 Å². The molecular formula is C8H15NO2. The SMILES string of the molecule is CCCCC1=NOC(CO)C1. The van der Waals surface area contributed by atoms with Gasteiger partial charge in [0.05, 0.1) is 12.3 Å². The Morgan fingerprint density at radius 1 is 1.73 bits per heavy atom. The minimum atomic E-state index is -0.0677. The molecule has 64 valence electrons. The molecule has 1 N–H and O–H groups in total. The number of rotatable bonds is 4. The topological polar surface area (TPSA) is 41.8 Å². The molecule has 0 spiro atoms. The molecule has 0 radical (unpaired) electrons. The van der Waals surface area contributed by atoms with E-state index in [4.69, 9.17) is 9.94 Å². The molecule has 1 heterocycles. The van der Waals surface area contributed by atoms with Crippen molar-refractivity contribution in [1.82, 2.24) is 0 Å². The molecule has 1 unspecified atom stereocenters. The van der Waals surface area contributed by atoms with Gasteiger partial charge >= 0.3 is 0 Å². The van der Waals surface area contributed by atoms with Crippen LogP contribution < -0.4 is 0 Å². The monoisotopic (exact) mass is 157 g/mol. The van der Waals surface area contributed by atoms with E-state index >= 15 is 0 Å². The normalized spacial score (nSPS) is 23.1. The molecule has 1 aliphatic rings. The van der Waals surface area contributed by atoms with Gasteiger partial charge in [0.2, 0.25) is 0 Å². The first-order valence-corrected chi connectivity index (χ1v) is 4.19. The molecule has 1 atom stereocenters. The summed E-state index contributed by atoms with van der Waals surface area (Å²) in [5.41, 5.74) is 1.10. The molecule has 0 aliphatic carbocycles. The summed E-state index contributed by atoms with van der Waals surface area (Å²) in [6.45, 7) is 2.24. The largest absolute Gasteiger partial charge is 0.392 e. The van der Waals surface area contributed by atoms with Gasteiger partial charge in [-0.05, 0) is 12.8 Å². The van der Waals surface area contributed by atoms with E-state index in [0.29, 0.717) is 0 Å². The maximum atomic E-state index is 8.71. The Labute approximate surface area is 67.0 Å². The Morgan fingerprint density at radius 3 is 3.09 bits per heavy atom. The molecule has 0 bridgehead atoms. The third-order valence-corrected chi connectivity index (χ3v) is 1.82. The van der Waals surface area contributed by atoms with E-state index in [9.17, 15) is 0 Å². The fraction of sp³-hybridized carbons (Fsp3) is 0.875. The maximum Gasteiger partial charge on any atom is 0.155 e. The molecule has 3 nitrogen and oxygen atoms in total. The van der Waals surface area contributed by atoms with Crippen molar-refractivity contribution in [2.75, 3.05) is 6.61 Å². The van der Waals surface area contributed by atoms with Crippen LogP contribution in [0.2, 0.25) is 0 Å². The molecule has 3 heteroatoms. The van der Waals surface area contributed by atoms with Crippen LogP contribution >= 0.6 is 0 Å². The summed E-state index contributed by atoms with van der Waals surface area (Å²) in [7, 11) is 0. The summed E-state index contributed by atoms with van der Waals surface area (Å²) < 4.78 is 0. The molecular weight excluding hydrogens is 142 g/mol. The molecule has 11 heavy (non-hydrogen) atoms. The lowest BCUT2D eigenvalue weighted by atomic mass is 10.1. The minimum Gasteiger partial charge on any atom is -0.392 e. The van der Waals surface area contributed by atoms with Crippen LogP contribution in [0.4, 0.5) is 0 Å². The van der Waals surface area contributed by atoms with Gasteiger partial charge in [0.1, 0.15) is 0 Å². The first kappa shape index (κ1) is 8.53. The molecule has 0 saturated carbocycles. The Morgan fingerprint density at radius 2 is 2.55 bits per heavy atom. The number of hydrogen-bond donors (Lipinski definition) is 1. The molecule has 0 aromatic carbocycles. The lowest BCUT2D eigenvalue weighted by Gasteiger charge is -2.00. The summed E-state index contributed by atoms with van der Waals surface area (Å²) in [5.74, 6) is 0. The van der Waals surface area contributed by atoms with Crippen molar-refractivity contribution in [3.05, 3.63) is 0 Å². The highest BCUT2D eigenvalue weighted by Gasteiger charge is 2.18. The predicted octanol–water partition coefficient (Wildman–Crippen LogP) is 1.31. The Hall–Kier alpha value is -0.570. The summed E-state index contributed by atoms with van der Waals surface area (Å²) in [5, 5.41) is 12.6. The summed E-state index contributed by atoms with van der Waals surface area (Å²) in [6, 6.07) is 0. The highest BCUT2D eigenvalue weighted by atomic mass is 16.6. The summed E-state index contributed by atoms with van der Waals surface area (Å²) >= 11 is 0. The zero-order valence-electron chi connectivity index (χ0n) is 6.92. The third-order valence-electron chi connectivity index (χ3n) is 1.82. The van der Waals surface area contributed by atoms with Gasteiger partial charge in [0, 0.05) is 6.42 Å². The van der Waals surface area contributed by atoms with E-state index in [0.717, 1.165) is 18.6 Å². The smallest absolute Gasteiger partial charge is 0.155 e. The van der Waals surface area contributed by atoms with Gasteiger partial charge in [0.25, 0.3) is 0 Å². The number of hydrogen-bond acceptors (Lipinski definition) is 3. The number of aliphatic hydroxyl groups excluding tert-OH is 1. The van der Waals surface area contributed by atoms with Gasteiger partial charge in [-0.25, -0.2) is 0 Å². The molecule has 1 rings (SSSR count). The second-order valence-corrected chi connectivity index (χ2v) is 2.88. The minimum absolute atomic E-state index is 0.0677. The fourth-order valence-electron chi connectivity index (χ4n) is 1.11. The number of oxime groups is 1. The van der Waals surface area contributed by atoms with Crippen LogP contribution in [0.15, 0.2) is 5.16 Å². The molecule has 0 aromatic heterocycles. The number of nitrogens with zero attached hydrogens (tertiary/aromatic N) is 1. The van der Waals surface area contributed by atoms with Crippen molar-refractivity contribution in [2.45, 2.75) is 38.7 Å². The highest BCUT2D eigenvalue weighted by Crippen LogP contribution is 2.13. The van der Waals surface area contributed by atoms with E-state index in [2.05, 4.69) is 12.1 Å². The van der Waals surface area contributed by atoms with Crippen LogP contribution in [-0.2, 0) is 4.84 Å². The number of unbranched alkanes of at least 4 members (excludes halogenated alkanes) is 1. The van der Waals surface area contributed by atoms with Crippen molar-refractivity contribution >= 4 is 5.71 Å². The van der Waals surface area contributed by atoms with Gasteiger partial charge in [-0.1, -0.05) is 18.5 Å². The van der Waals surface area contributed by atoms with Gasteiger partial charge in [-0.2, -0.15) is 0 Å². The van der Waals surface area contributed by atoms with Crippen molar-refractivity contribution < 1.29 is 9.94 Å². The van der Waals surface area contributed by atoms with Gasteiger partial charge in [-0.15, -0.1) is 0 Å². The zero-order valence-corrected chi connectivity index (χ0v) is 6.92. The van der Waals surface area contributed by atoms with Crippen molar-refractivity contribution in [3.8, 4) is 0 Å². The van der Waals surface area contributed by atoms with Gasteiger partial charge in [0.15, 0.2) is 6.10 Å². The summed E-state index contributed by atoms with van der Waals surface area (Å²) in [6.07, 6.45) is 4.12. The van der Waals surface area contributed by atoms with E-state index in [1.807, 2.05) is 0 Å². The Bertz CT molecular complexity index is 145. The second-order valence-electron chi connectivity index (χ2n) is 2.88. The summed E-state index contributed by atoms with van der Waals surface area (Å²) in [4.78, 5) is 4.95. The maximum absolute atomic E-state index is 8.71. The average Bonchev–Trinajstić information content (AvgIpc) is 2.48. The van der Waals surface area contributed by atoms with Crippen molar-refractivity contribution in [2.24, 2.45) is 5.16 Å². The van der Waals surface area contributed by atoms with Crippen LogP contribution in [-0.4, -0.2) is 23.5 Å². The third kappa shape index (κ3) is 2.50. The first-order valence-electron chi connectivity index (χ1n) is 4.19. The molecule has 0 aromatic rings. The predicted molar refractivity (Wildman–Crippen MR) is 43.5 cm³/mol. The van der Waals surface area contributed by atoms with E-state index < -0.39 is 0 Å². The highest BCUT2D eigenvalue weighted by molar-refractivity contribution is 5.85. The van der Waals surface area contributed by atoms with E-state index in [1.165, 1.54) is 12.8 Å². The second kappa shape index (κ2) is 4.34. The van der Waals surface area contributed by atoms with E-state index in [1.54, 1.807) is 0 Å². The van der Waals surface area contributed by atoms with Crippen molar-refractivity contribution in [1.29, 1.82) is 0 Å². The zero-order chi connectivity index (χ0) is 8.10. The molecule has 0 fully saturated rings. The Kier molecular flexibility index (Phi) is 3.36. The molecule has 0 amide bonds. The quantitative estimate of drug-likeness (QED) is 0.668. The Balaban J connectivity index is 2.17. The average molecular weight is 157 g/mol. The standard InChI is InChI=1S/C8H15NO2/c1-2-3-4-7-5-8(6-10)11-9-7/h8,10H,2-6H2,1H3. The molecule has 1 aliphatic heterocycles. The number of aliphatic hydroxyl groups is 1. The van der Waals surface area contributed by atoms with E-state index in [-0.39, 0.29) is 12.7 Å². The van der Waals surface area contributed by atoms with Gasteiger partial charge in [-0.3, -0.25) is 0 Å². The first-order chi connectivity index (χ1) is 5.36. The van der Waals surface area contributed by atoms with Gasteiger partial charge < -0.3 is 9.94 Å². The lowest BCUT2D eigenvalue weighted by Crippen LogP contribution is -2.12. The molecule has 0 saturated heterocycles. The van der Waals surface area contributed by atoms with Crippen LogP contribution in [0.25, 0.3) is 0 Å². The van der Waals surface area contributed by atoms with Crippen molar-refractivity contribution in [3.63, 3.8) is 0 Å². The fourth-order valence-corrected chi connectivity index (χ4v) is 1.11. The van der Waals surface area contributed by atoms with Crippen LogP contribution in [0, 0.1) is 0 Å².